The van der Waals surface area contributed by atoms with Gasteiger partial charge in [-0.2, -0.15) is 5.10 Å². The van der Waals surface area contributed by atoms with Crippen molar-refractivity contribution >= 4 is 17.6 Å². The number of hydrogen-bond donors (Lipinski definition) is 1. The van der Waals surface area contributed by atoms with Crippen LogP contribution in [0.2, 0.25) is 0 Å². The summed E-state index contributed by atoms with van der Waals surface area (Å²) in [5, 5.41) is 7.07. The fraction of sp³-hybridized carbons (Fsp3) is 0.389. The van der Waals surface area contributed by atoms with Crippen LogP contribution in [0.3, 0.4) is 0 Å². The van der Waals surface area contributed by atoms with Crippen LogP contribution in [0.5, 0.6) is 0 Å². The highest BCUT2D eigenvalue weighted by Gasteiger charge is 2.40. The standard InChI is InChI=1S/C18H22N4O3/c1-11-5-7-13(8-6-11)16-17(25-10-15(23)21(16)3)18(24)19-14-9-12(2)20-22(14)4/h5-9,16-17H,10H2,1-4H3,(H,19,24). The molecule has 1 aromatic heterocycles. The van der Waals surface area contributed by atoms with Crippen molar-refractivity contribution < 1.29 is 14.3 Å². The first kappa shape index (κ1) is 17.2. The van der Waals surface area contributed by atoms with Gasteiger partial charge in [-0.25, -0.2) is 0 Å². The number of rotatable bonds is 3. The van der Waals surface area contributed by atoms with E-state index in [2.05, 4.69) is 10.4 Å². The van der Waals surface area contributed by atoms with Gasteiger partial charge in [0.05, 0.1) is 11.7 Å². The van der Waals surface area contributed by atoms with E-state index in [9.17, 15) is 9.59 Å². The minimum Gasteiger partial charge on any atom is -0.356 e. The quantitative estimate of drug-likeness (QED) is 0.919. The summed E-state index contributed by atoms with van der Waals surface area (Å²) in [5.74, 6) is 0.146. The van der Waals surface area contributed by atoms with Crippen LogP contribution in [0.25, 0.3) is 0 Å². The topological polar surface area (TPSA) is 76.5 Å². The third kappa shape index (κ3) is 3.41. The largest absolute Gasteiger partial charge is 0.356 e. The summed E-state index contributed by atoms with van der Waals surface area (Å²) >= 11 is 0. The van der Waals surface area contributed by atoms with Gasteiger partial charge in [-0.05, 0) is 19.4 Å². The number of aryl methyl sites for hydroxylation is 3. The Morgan fingerprint density at radius 2 is 1.92 bits per heavy atom. The van der Waals surface area contributed by atoms with Crippen molar-refractivity contribution in [3.63, 3.8) is 0 Å². The molecule has 0 spiro atoms. The van der Waals surface area contributed by atoms with Gasteiger partial charge in [0.25, 0.3) is 5.91 Å². The van der Waals surface area contributed by atoms with Crippen molar-refractivity contribution in [2.75, 3.05) is 19.0 Å². The molecule has 2 unspecified atom stereocenters. The van der Waals surface area contributed by atoms with Crippen molar-refractivity contribution in [2.24, 2.45) is 7.05 Å². The van der Waals surface area contributed by atoms with Crippen molar-refractivity contribution in [2.45, 2.75) is 26.0 Å². The second-order valence-electron chi connectivity index (χ2n) is 6.38. The number of aromatic nitrogens is 2. The molecule has 3 rings (SSSR count). The van der Waals surface area contributed by atoms with Crippen LogP contribution < -0.4 is 5.32 Å². The Balaban J connectivity index is 1.88. The summed E-state index contributed by atoms with van der Waals surface area (Å²) in [6, 6.07) is 9.08. The molecule has 132 valence electrons. The highest BCUT2D eigenvalue weighted by Crippen LogP contribution is 2.30. The molecule has 1 aromatic carbocycles. The van der Waals surface area contributed by atoms with Crippen LogP contribution in [-0.4, -0.2) is 46.3 Å². The van der Waals surface area contributed by atoms with E-state index in [0.717, 1.165) is 16.8 Å². The molecule has 2 amide bonds. The maximum atomic E-state index is 12.8. The number of likely N-dealkylation sites (N-methyl/N-ethyl adjacent to an activating group) is 1. The molecule has 0 saturated carbocycles. The number of benzene rings is 1. The van der Waals surface area contributed by atoms with E-state index < -0.39 is 12.1 Å². The number of nitrogens with one attached hydrogen (secondary N) is 1. The molecular formula is C18H22N4O3. The smallest absolute Gasteiger partial charge is 0.257 e. The maximum absolute atomic E-state index is 12.8. The summed E-state index contributed by atoms with van der Waals surface area (Å²) in [5.41, 5.74) is 2.79. The second kappa shape index (κ2) is 6.68. The first-order valence-electron chi connectivity index (χ1n) is 8.12. The zero-order chi connectivity index (χ0) is 18.1. The number of amides is 2. The molecule has 2 atom stereocenters. The Morgan fingerprint density at radius 3 is 2.52 bits per heavy atom. The summed E-state index contributed by atoms with van der Waals surface area (Å²) < 4.78 is 7.21. The average molecular weight is 342 g/mol. The van der Waals surface area contributed by atoms with E-state index in [4.69, 9.17) is 4.74 Å². The Bertz CT molecular complexity index is 797. The van der Waals surface area contributed by atoms with Crippen LogP contribution in [0.4, 0.5) is 5.82 Å². The van der Waals surface area contributed by atoms with Crippen LogP contribution >= 0.6 is 0 Å². The number of ether oxygens (including phenoxy) is 1. The zero-order valence-corrected chi connectivity index (χ0v) is 14.8. The first-order valence-corrected chi connectivity index (χ1v) is 8.12. The molecule has 1 N–H and O–H groups in total. The van der Waals surface area contributed by atoms with E-state index in [1.165, 1.54) is 0 Å². The van der Waals surface area contributed by atoms with Gasteiger partial charge < -0.3 is 15.0 Å². The molecule has 25 heavy (non-hydrogen) atoms. The van der Waals surface area contributed by atoms with Crippen molar-refractivity contribution in [3.8, 4) is 0 Å². The van der Waals surface area contributed by atoms with Gasteiger partial charge in [0.2, 0.25) is 5.91 Å². The molecule has 1 saturated heterocycles. The minimum atomic E-state index is -0.791. The molecule has 0 bridgehead atoms. The van der Waals surface area contributed by atoms with Crippen LogP contribution in [0.15, 0.2) is 30.3 Å². The number of carbonyl (C=O) groups is 2. The highest BCUT2D eigenvalue weighted by atomic mass is 16.5. The van der Waals surface area contributed by atoms with Crippen molar-refractivity contribution in [3.05, 3.63) is 47.2 Å². The number of nitrogens with zero attached hydrogens (tertiary/aromatic N) is 3. The lowest BCUT2D eigenvalue weighted by molar-refractivity contribution is -0.160. The summed E-state index contributed by atoms with van der Waals surface area (Å²) in [6.07, 6.45) is -0.791. The third-order valence-corrected chi connectivity index (χ3v) is 4.41. The molecule has 0 radical (unpaired) electrons. The molecule has 2 heterocycles. The predicted octanol–water partition coefficient (Wildman–Crippen LogP) is 1.57. The van der Waals surface area contributed by atoms with Gasteiger partial charge in [0.1, 0.15) is 12.4 Å². The normalized spacial score (nSPS) is 20.6. The SMILES string of the molecule is Cc1ccc(C2C(C(=O)Nc3cc(C)nn3C)OCC(=O)N2C)cc1. The van der Waals surface area contributed by atoms with Crippen LogP contribution in [0, 0.1) is 13.8 Å². The lowest BCUT2D eigenvalue weighted by Gasteiger charge is -2.38. The monoisotopic (exact) mass is 342 g/mol. The lowest BCUT2D eigenvalue weighted by atomic mass is 9.97. The number of carbonyl (C=O) groups excluding carboxylic acids is 2. The summed E-state index contributed by atoms with van der Waals surface area (Å²) in [4.78, 5) is 26.5. The van der Waals surface area contributed by atoms with Gasteiger partial charge in [-0.15, -0.1) is 0 Å². The number of hydrogen-bond acceptors (Lipinski definition) is 4. The third-order valence-electron chi connectivity index (χ3n) is 4.41. The first-order chi connectivity index (χ1) is 11.9. The van der Waals surface area contributed by atoms with E-state index in [1.54, 1.807) is 29.7 Å². The fourth-order valence-electron chi connectivity index (χ4n) is 3.02. The van der Waals surface area contributed by atoms with E-state index >= 15 is 0 Å². The van der Waals surface area contributed by atoms with Crippen molar-refractivity contribution in [1.29, 1.82) is 0 Å². The van der Waals surface area contributed by atoms with Gasteiger partial charge in [-0.3, -0.25) is 14.3 Å². The Kier molecular flexibility index (Phi) is 4.59. The van der Waals surface area contributed by atoms with Crippen LogP contribution in [-0.2, 0) is 21.4 Å². The zero-order valence-electron chi connectivity index (χ0n) is 14.8. The van der Waals surface area contributed by atoms with Crippen molar-refractivity contribution in [1.82, 2.24) is 14.7 Å². The van der Waals surface area contributed by atoms with Gasteiger partial charge in [0, 0.05) is 20.2 Å². The molecule has 7 nitrogen and oxygen atoms in total. The summed E-state index contributed by atoms with van der Waals surface area (Å²) in [6.45, 7) is 3.74. The Morgan fingerprint density at radius 1 is 1.24 bits per heavy atom. The summed E-state index contributed by atoms with van der Waals surface area (Å²) in [7, 11) is 3.46. The maximum Gasteiger partial charge on any atom is 0.257 e. The van der Waals surface area contributed by atoms with Crippen LogP contribution in [0.1, 0.15) is 22.9 Å². The molecule has 1 aliphatic heterocycles. The Labute approximate surface area is 146 Å². The highest BCUT2D eigenvalue weighted by molar-refractivity contribution is 5.95. The van der Waals surface area contributed by atoms with Gasteiger partial charge in [0.15, 0.2) is 6.10 Å². The predicted molar refractivity (Wildman–Crippen MR) is 93.0 cm³/mol. The van der Waals surface area contributed by atoms with Gasteiger partial charge in [-0.1, -0.05) is 29.8 Å². The molecule has 1 aliphatic rings. The van der Waals surface area contributed by atoms with E-state index in [0.29, 0.717) is 5.82 Å². The number of morpholine rings is 1. The molecule has 7 heteroatoms. The lowest BCUT2D eigenvalue weighted by Crippen LogP contribution is -2.51. The molecule has 2 aromatic rings. The van der Waals surface area contributed by atoms with Gasteiger partial charge >= 0.3 is 0 Å². The molecule has 1 fully saturated rings. The Hall–Kier alpha value is -2.67. The minimum absolute atomic E-state index is 0.110. The number of anilines is 1. The molecular weight excluding hydrogens is 320 g/mol. The second-order valence-corrected chi connectivity index (χ2v) is 6.38. The van der Waals surface area contributed by atoms with E-state index in [1.807, 2.05) is 38.1 Å². The average Bonchev–Trinajstić information content (AvgIpc) is 2.88. The fourth-order valence-corrected chi connectivity index (χ4v) is 3.02. The molecule has 0 aliphatic carbocycles. The van der Waals surface area contributed by atoms with E-state index in [-0.39, 0.29) is 18.4 Å².